The summed E-state index contributed by atoms with van der Waals surface area (Å²) in [6.45, 7) is 4.89. The standard InChI is InChI=1S/C23H27N3O5S2/c1-3-30-19-10-9-17(14-21(19)33(28,29)26-11-5-4-6-12-26)24-22(27)15-18-16(2)31-23(25-18)20-8-7-13-32-20/h7-10,13-14H,3-6,11-12,15H2,1-2H3,(H,24,27). The average Bonchev–Trinajstić information content (AvgIpc) is 3.46. The van der Waals surface area contributed by atoms with E-state index in [-0.39, 0.29) is 23.0 Å². The molecular weight excluding hydrogens is 462 g/mol. The highest BCUT2D eigenvalue weighted by atomic mass is 32.2. The van der Waals surface area contributed by atoms with E-state index in [1.807, 2.05) is 17.5 Å². The van der Waals surface area contributed by atoms with E-state index in [1.165, 1.54) is 21.7 Å². The lowest BCUT2D eigenvalue weighted by Crippen LogP contribution is -2.35. The number of hydrogen-bond acceptors (Lipinski definition) is 7. The van der Waals surface area contributed by atoms with Crippen molar-refractivity contribution in [1.29, 1.82) is 0 Å². The summed E-state index contributed by atoms with van der Waals surface area (Å²) in [6, 6.07) is 8.52. The number of thiophene rings is 1. The van der Waals surface area contributed by atoms with Crippen molar-refractivity contribution in [2.75, 3.05) is 25.0 Å². The van der Waals surface area contributed by atoms with Gasteiger partial charge in [-0.3, -0.25) is 4.79 Å². The van der Waals surface area contributed by atoms with Gasteiger partial charge in [-0.2, -0.15) is 4.31 Å². The number of carbonyl (C=O) groups excluding carboxylic acids is 1. The zero-order valence-corrected chi connectivity index (χ0v) is 20.3. The summed E-state index contributed by atoms with van der Waals surface area (Å²) >= 11 is 1.51. The number of amides is 1. The molecule has 0 unspecified atom stereocenters. The first-order chi connectivity index (χ1) is 15.9. The summed E-state index contributed by atoms with van der Waals surface area (Å²) in [5.74, 6) is 1.04. The van der Waals surface area contributed by atoms with Crippen molar-refractivity contribution in [1.82, 2.24) is 9.29 Å². The largest absolute Gasteiger partial charge is 0.492 e. The van der Waals surface area contributed by atoms with Crippen LogP contribution >= 0.6 is 11.3 Å². The second-order valence-corrected chi connectivity index (χ2v) is 10.6. The zero-order valence-electron chi connectivity index (χ0n) is 18.7. The predicted molar refractivity (Wildman–Crippen MR) is 127 cm³/mol. The summed E-state index contributed by atoms with van der Waals surface area (Å²) in [7, 11) is -3.73. The number of sulfonamides is 1. The first-order valence-corrected chi connectivity index (χ1v) is 13.3. The highest BCUT2D eigenvalue weighted by molar-refractivity contribution is 7.89. The van der Waals surface area contributed by atoms with E-state index in [0.29, 0.717) is 42.7 Å². The van der Waals surface area contributed by atoms with Gasteiger partial charge in [0.05, 0.1) is 23.6 Å². The molecule has 1 amide bonds. The van der Waals surface area contributed by atoms with Gasteiger partial charge in [-0.05, 0) is 56.3 Å². The molecular formula is C23H27N3O5S2. The minimum atomic E-state index is -3.73. The summed E-state index contributed by atoms with van der Waals surface area (Å²) in [5, 5.41) is 4.72. The van der Waals surface area contributed by atoms with E-state index in [0.717, 1.165) is 24.1 Å². The SMILES string of the molecule is CCOc1ccc(NC(=O)Cc2nc(-c3cccs3)oc2C)cc1S(=O)(=O)N1CCCCC1. The summed E-state index contributed by atoms with van der Waals surface area (Å²) in [6.07, 6.45) is 2.71. The number of oxazole rings is 1. The highest BCUT2D eigenvalue weighted by Crippen LogP contribution is 2.32. The van der Waals surface area contributed by atoms with Crippen LogP contribution in [-0.4, -0.2) is 43.3 Å². The lowest BCUT2D eigenvalue weighted by atomic mass is 10.2. The third kappa shape index (κ3) is 5.29. The van der Waals surface area contributed by atoms with Gasteiger partial charge in [0, 0.05) is 18.8 Å². The summed E-state index contributed by atoms with van der Waals surface area (Å²) < 4.78 is 39.3. The Hall–Kier alpha value is -2.69. The molecule has 1 aliphatic heterocycles. The smallest absolute Gasteiger partial charge is 0.246 e. The van der Waals surface area contributed by atoms with Crippen molar-refractivity contribution < 1.29 is 22.4 Å². The van der Waals surface area contributed by atoms with Gasteiger partial charge in [0.25, 0.3) is 0 Å². The molecule has 3 aromatic rings. The van der Waals surface area contributed by atoms with E-state index < -0.39 is 10.0 Å². The van der Waals surface area contributed by atoms with Crippen LogP contribution in [0.1, 0.15) is 37.6 Å². The quantitative estimate of drug-likeness (QED) is 0.501. The van der Waals surface area contributed by atoms with Crippen molar-refractivity contribution in [3.63, 3.8) is 0 Å². The molecule has 1 aliphatic rings. The van der Waals surface area contributed by atoms with Gasteiger partial charge in [0.2, 0.25) is 21.8 Å². The Kier molecular flexibility index (Phi) is 7.16. The van der Waals surface area contributed by atoms with Gasteiger partial charge in [0.1, 0.15) is 16.4 Å². The number of benzene rings is 1. The number of piperidine rings is 1. The van der Waals surface area contributed by atoms with E-state index in [9.17, 15) is 13.2 Å². The molecule has 1 aromatic carbocycles. The monoisotopic (exact) mass is 489 g/mol. The Morgan fingerprint density at radius 3 is 2.73 bits per heavy atom. The van der Waals surface area contributed by atoms with Gasteiger partial charge < -0.3 is 14.5 Å². The van der Waals surface area contributed by atoms with Crippen LogP contribution in [-0.2, 0) is 21.2 Å². The fourth-order valence-corrected chi connectivity index (χ4v) is 6.08. The molecule has 0 atom stereocenters. The van der Waals surface area contributed by atoms with Crippen LogP contribution in [0.3, 0.4) is 0 Å². The number of aromatic nitrogens is 1. The fraction of sp³-hybridized carbons (Fsp3) is 0.391. The highest BCUT2D eigenvalue weighted by Gasteiger charge is 2.29. The van der Waals surface area contributed by atoms with Crippen molar-refractivity contribution in [2.45, 2.75) is 44.4 Å². The van der Waals surface area contributed by atoms with Crippen LogP contribution in [0.4, 0.5) is 5.69 Å². The number of anilines is 1. The molecule has 33 heavy (non-hydrogen) atoms. The van der Waals surface area contributed by atoms with Crippen molar-refractivity contribution in [3.8, 4) is 16.5 Å². The minimum absolute atomic E-state index is 0.0160. The van der Waals surface area contributed by atoms with Crippen LogP contribution in [0.5, 0.6) is 5.75 Å². The Labute approximate surface area is 197 Å². The summed E-state index contributed by atoms with van der Waals surface area (Å²) in [5.41, 5.74) is 0.932. The molecule has 2 aromatic heterocycles. The second-order valence-electron chi connectivity index (χ2n) is 7.78. The molecule has 8 nitrogen and oxygen atoms in total. The van der Waals surface area contributed by atoms with Gasteiger partial charge in [-0.1, -0.05) is 12.5 Å². The van der Waals surface area contributed by atoms with Crippen LogP contribution in [0.25, 0.3) is 10.8 Å². The molecule has 0 saturated carbocycles. The Morgan fingerprint density at radius 1 is 1.24 bits per heavy atom. The maximum Gasteiger partial charge on any atom is 0.246 e. The van der Waals surface area contributed by atoms with Crippen molar-refractivity contribution in [2.24, 2.45) is 0 Å². The van der Waals surface area contributed by atoms with Gasteiger partial charge in [-0.15, -0.1) is 11.3 Å². The Bertz CT molecular complexity index is 1210. The molecule has 10 heteroatoms. The Morgan fingerprint density at radius 2 is 2.03 bits per heavy atom. The normalized spacial score (nSPS) is 14.8. The maximum atomic E-state index is 13.3. The van der Waals surface area contributed by atoms with Crippen LogP contribution in [0.2, 0.25) is 0 Å². The predicted octanol–water partition coefficient (Wildman–Crippen LogP) is 4.47. The fourth-order valence-electron chi connectivity index (χ4n) is 3.76. The van der Waals surface area contributed by atoms with Gasteiger partial charge in [0.15, 0.2) is 0 Å². The van der Waals surface area contributed by atoms with E-state index in [4.69, 9.17) is 9.15 Å². The van der Waals surface area contributed by atoms with E-state index in [2.05, 4.69) is 10.3 Å². The number of nitrogens with zero attached hydrogens (tertiary/aromatic N) is 2. The molecule has 0 aliphatic carbocycles. The molecule has 0 spiro atoms. The first kappa shape index (κ1) is 23.5. The molecule has 4 rings (SSSR count). The second kappa shape index (κ2) is 10.1. The molecule has 3 heterocycles. The topological polar surface area (TPSA) is 102 Å². The third-order valence-corrected chi connectivity index (χ3v) is 8.19. The molecule has 176 valence electrons. The number of hydrogen-bond donors (Lipinski definition) is 1. The number of nitrogens with one attached hydrogen (secondary N) is 1. The molecule has 1 saturated heterocycles. The number of ether oxygens (including phenoxy) is 1. The van der Waals surface area contributed by atoms with Crippen LogP contribution in [0.15, 0.2) is 45.0 Å². The lowest BCUT2D eigenvalue weighted by Gasteiger charge is -2.27. The molecule has 0 bridgehead atoms. The molecule has 1 fully saturated rings. The van der Waals surface area contributed by atoms with Crippen LogP contribution < -0.4 is 10.1 Å². The summed E-state index contributed by atoms with van der Waals surface area (Å²) in [4.78, 5) is 18.1. The lowest BCUT2D eigenvalue weighted by molar-refractivity contribution is -0.115. The molecule has 1 N–H and O–H groups in total. The number of aryl methyl sites for hydroxylation is 1. The molecule has 0 radical (unpaired) electrons. The van der Waals surface area contributed by atoms with Crippen LogP contribution in [0, 0.1) is 6.92 Å². The zero-order chi connectivity index (χ0) is 23.4. The van der Waals surface area contributed by atoms with Gasteiger partial charge in [-0.25, -0.2) is 13.4 Å². The van der Waals surface area contributed by atoms with E-state index >= 15 is 0 Å². The maximum absolute atomic E-state index is 13.3. The third-order valence-electron chi connectivity index (χ3n) is 5.41. The van der Waals surface area contributed by atoms with E-state index in [1.54, 1.807) is 26.0 Å². The Balaban J connectivity index is 1.53. The van der Waals surface area contributed by atoms with Crippen molar-refractivity contribution >= 4 is 33.0 Å². The van der Waals surface area contributed by atoms with Crippen molar-refractivity contribution in [3.05, 3.63) is 47.2 Å². The average molecular weight is 490 g/mol. The number of rotatable bonds is 8. The number of carbonyl (C=O) groups is 1. The van der Waals surface area contributed by atoms with Gasteiger partial charge >= 0.3 is 0 Å². The minimum Gasteiger partial charge on any atom is -0.492 e. The first-order valence-electron chi connectivity index (χ1n) is 11.0.